The van der Waals surface area contributed by atoms with Crippen LogP contribution >= 0.6 is 0 Å². The quantitative estimate of drug-likeness (QED) is 0.469. The monoisotopic (exact) mass is 125 g/mol. The molecule has 0 unspecified atom stereocenters. The van der Waals surface area contributed by atoms with Crippen molar-refractivity contribution < 1.29 is 0 Å². The number of likely N-dealkylation sites (tertiary alicyclic amines) is 1. The molecule has 0 spiro atoms. The second kappa shape index (κ2) is 3.72. The Morgan fingerprint density at radius 2 is 1.75 bits per heavy atom. The Morgan fingerprint density at radius 1 is 1.25 bits per heavy atom. The molecular weight excluding hydrogens is 114 g/mol. The van der Waals surface area contributed by atoms with E-state index in [0.29, 0.717) is 0 Å². The van der Waals surface area contributed by atoms with Crippen LogP contribution in [0, 0.1) is 0 Å². The van der Waals surface area contributed by atoms with Crippen LogP contribution in [-0.2, 0) is 0 Å². The Kier molecular flexibility index (Phi) is 3.61. The zero-order chi connectivity index (χ0) is 5.11. The fourth-order valence-corrected chi connectivity index (χ4v) is 0.924. The van der Waals surface area contributed by atoms with Gasteiger partial charge in [-0.3, -0.25) is 0 Å². The molecule has 1 aliphatic rings. The van der Waals surface area contributed by atoms with Gasteiger partial charge < -0.3 is 4.90 Å². The van der Waals surface area contributed by atoms with Gasteiger partial charge >= 0.3 is 0 Å². The molecule has 0 amide bonds. The van der Waals surface area contributed by atoms with Gasteiger partial charge in [0.05, 0.1) is 0 Å². The molecule has 0 atom stereocenters. The number of hydrogen-bond acceptors (Lipinski definition) is 1. The summed E-state index contributed by atoms with van der Waals surface area (Å²) < 4.78 is 0. The zero-order valence-corrected chi connectivity index (χ0v) is 6.06. The van der Waals surface area contributed by atoms with E-state index in [-0.39, 0.29) is 11.0 Å². The van der Waals surface area contributed by atoms with Gasteiger partial charge in [0.1, 0.15) is 0 Å². The lowest BCUT2D eigenvalue weighted by molar-refractivity contribution is 0.469. The molecule has 1 rings (SSSR count). The fourth-order valence-electron chi connectivity index (χ4n) is 0.924. The van der Waals surface area contributed by atoms with Crippen LogP contribution in [0.15, 0.2) is 12.8 Å². The average Bonchev–Trinajstić information content (AvgIpc) is 2.14. The van der Waals surface area contributed by atoms with E-state index in [2.05, 4.69) is 11.5 Å². The second-order valence-corrected chi connectivity index (χ2v) is 1.93. The smallest absolute Gasteiger partial charge is 0.0172 e. The van der Waals surface area contributed by atoms with Gasteiger partial charge in [0.25, 0.3) is 0 Å². The molecule has 0 saturated carbocycles. The molecule has 4 radical (unpaired) electrons. The lowest BCUT2D eigenvalue weighted by Gasteiger charge is -2.07. The molecular formula is C6H11NSi. The van der Waals surface area contributed by atoms with Crippen LogP contribution < -0.4 is 0 Å². The van der Waals surface area contributed by atoms with E-state index in [0.717, 1.165) is 0 Å². The minimum Gasteiger partial charge on any atom is -0.378 e. The highest BCUT2D eigenvalue weighted by molar-refractivity contribution is 5.75. The number of rotatable bonds is 1. The molecule has 44 valence electrons. The van der Waals surface area contributed by atoms with E-state index in [9.17, 15) is 0 Å². The van der Waals surface area contributed by atoms with Gasteiger partial charge in [-0.1, -0.05) is 6.58 Å². The van der Waals surface area contributed by atoms with Gasteiger partial charge in [-0.2, -0.15) is 0 Å². The van der Waals surface area contributed by atoms with Gasteiger partial charge in [0.15, 0.2) is 0 Å². The van der Waals surface area contributed by atoms with Crippen LogP contribution in [0.5, 0.6) is 0 Å². The predicted molar refractivity (Wildman–Crippen MR) is 36.8 cm³/mol. The van der Waals surface area contributed by atoms with Crippen molar-refractivity contribution in [2.24, 2.45) is 0 Å². The topological polar surface area (TPSA) is 3.24 Å². The third-order valence-electron chi connectivity index (χ3n) is 1.40. The summed E-state index contributed by atoms with van der Waals surface area (Å²) in [6, 6.07) is 0. The number of nitrogens with zero attached hydrogens (tertiary/aromatic N) is 1. The van der Waals surface area contributed by atoms with E-state index in [1.807, 2.05) is 6.20 Å². The van der Waals surface area contributed by atoms with Crippen molar-refractivity contribution in [3.63, 3.8) is 0 Å². The first kappa shape index (κ1) is 7.76. The molecule has 0 aliphatic carbocycles. The molecule has 1 saturated heterocycles. The summed E-state index contributed by atoms with van der Waals surface area (Å²) in [5.41, 5.74) is 0. The minimum atomic E-state index is 0. The summed E-state index contributed by atoms with van der Waals surface area (Å²) in [5, 5.41) is 0. The molecule has 1 heterocycles. The molecule has 0 N–H and O–H groups in total. The van der Waals surface area contributed by atoms with Crippen LogP contribution in [0.25, 0.3) is 0 Å². The highest BCUT2D eigenvalue weighted by Crippen LogP contribution is 2.05. The first-order valence-electron chi connectivity index (χ1n) is 2.80. The average molecular weight is 125 g/mol. The maximum atomic E-state index is 3.67. The van der Waals surface area contributed by atoms with Gasteiger partial charge in [-0.05, 0) is 19.0 Å². The Balaban J connectivity index is 0.000000490. The molecule has 8 heavy (non-hydrogen) atoms. The molecule has 1 fully saturated rings. The van der Waals surface area contributed by atoms with E-state index in [4.69, 9.17) is 0 Å². The predicted octanol–water partition coefficient (Wildman–Crippen LogP) is 0.845. The highest BCUT2D eigenvalue weighted by Gasteiger charge is 2.04. The third kappa shape index (κ3) is 1.70. The van der Waals surface area contributed by atoms with Gasteiger partial charge in [-0.15, -0.1) is 0 Å². The van der Waals surface area contributed by atoms with Crippen LogP contribution in [0.2, 0.25) is 0 Å². The van der Waals surface area contributed by atoms with Crippen molar-refractivity contribution in [2.75, 3.05) is 13.1 Å². The van der Waals surface area contributed by atoms with Crippen LogP contribution in [0.3, 0.4) is 0 Å². The molecule has 0 aromatic carbocycles. The second-order valence-electron chi connectivity index (χ2n) is 1.93. The Morgan fingerprint density at radius 3 is 2.00 bits per heavy atom. The van der Waals surface area contributed by atoms with Gasteiger partial charge in [-0.25, -0.2) is 0 Å². The van der Waals surface area contributed by atoms with Crippen molar-refractivity contribution >= 4 is 11.0 Å². The molecule has 2 heteroatoms. The molecule has 1 nitrogen and oxygen atoms in total. The van der Waals surface area contributed by atoms with Crippen LogP contribution in [0.4, 0.5) is 0 Å². The maximum absolute atomic E-state index is 3.67. The van der Waals surface area contributed by atoms with E-state index in [1.54, 1.807) is 0 Å². The van der Waals surface area contributed by atoms with Crippen molar-refractivity contribution in [3.8, 4) is 0 Å². The first-order chi connectivity index (χ1) is 3.43. The summed E-state index contributed by atoms with van der Waals surface area (Å²) in [6.45, 7) is 6.12. The summed E-state index contributed by atoms with van der Waals surface area (Å²) in [5.74, 6) is 0. The Bertz CT molecular complexity index is 66.9. The van der Waals surface area contributed by atoms with Crippen LogP contribution in [0.1, 0.15) is 12.8 Å². The van der Waals surface area contributed by atoms with Crippen molar-refractivity contribution in [1.29, 1.82) is 0 Å². The molecule has 0 aromatic rings. The third-order valence-corrected chi connectivity index (χ3v) is 1.40. The summed E-state index contributed by atoms with van der Waals surface area (Å²) >= 11 is 0. The van der Waals surface area contributed by atoms with Crippen LogP contribution in [-0.4, -0.2) is 29.0 Å². The van der Waals surface area contributed by atoms with Gasteiger partial charge in [0, 0.05) is 24.1 Å². The molecule has 1 aliphatic heterocycles. The summed E-state index contributed by atoms with van der Waals surface area (Å²) in [7, 11) is 0. The highest BCUT2D eigenvalue weighted by atomic mass is 28.1. The SMILES string of the molecule is C=CN1CCCC1.[Si]. The summed E-state index contributed by atoms with van der Waals surface area (Å²) in [6.07, 6.45) is 4.63. The zero-order valence-electron chi connectivity index (χ0n) is 5.06. The Labute approximate surface area is 55.4 Å². The largest absolute Gasteiger partial charge is 0.378 e. The standard InChI is InChI=1S/C6H11N.Si/c1-2-7-5-3-4-6-7;/h2H,1,3-6H2;. The van der Waals surface area contributed by atoms with Crippen molar-refractivity contribution in [2.45, 2.75) is 12.8 Å². The Hall–Kier alpha value is -0.243. The lowest BCUT2D eigenvalue weighted by atomic mass is 10.4. The minimum absolute atomic E-state index is 0. The van der Waals surface area contributed by atoms with Gasteiger partial charge in [0.2, 0.25) is 0 Å². The van der Waals surface area contributed by atoms with Crippen molar-refractivity contribution in [3.05, 3.63) is 12.8 Å². The molecule has 0 aromatic heterocycles. The lowest BCUT2D eigenvalue weighted by Crippen LogP contribution is -2.08. The normalized spacial score (nSPS) is 17.8. The molecule has 0 bridgehead atoms. The van der Waals surface area contributed by atoms with E-state index in [1.165, 1.54) is 25.9 Å². The summed E-state index contributed by atoms with van der Waals surface area (Å²) in [4.78, 5) is 2.25. The number of hydrogen-bond donors (Lipinski definition) is 0. The van der Waals surface area contributed by atoms with Crippen molar-refractivity contribution in [1.82, 2.24) is 4.90 Å². The first-order valence-corrected chi connectivity index (χ1v) is 2.80. The maximum Gasteiger partial charge on any atom is 0.0172 e. The fraction of sp³-hybridized carbons (Fsp3) is 0.667. The van der Waals surface area contributed by atoms with E-state index >= 15 is 0 Å². The van der Waals surface area contributed by atoms with E-state index < -0.39 is 0 Å².